The summed E-state index contributed by atoms with van der Waals surface area (Å²) in [6, 6.07) is 14.1. The second-order valence-electron chi connectivity index (χ2n) is 3.24. The first-order valence-electron chi connectivity index (χ1n) is 4.61. The molecule has 0 aliphatic carbocycles. The maximum atomic E-state index is 8.81. The molecule has 3 heteroatoms. The van der Waals surface area contributed by atoms with Crippen molar-refractivity contribution >= 4 is 32.4 Å². The molecule has 1 N–H and O–H groups in total. The van der Waals surface area contributed by atoms with Gasteiger partial charge in [0.05, 0.1) is 5.71 Å². The van der Waals surface area contributed by atoms with Crippen LogP contribution in [-0.4, -0.2) is 16.2 Å². The number of fused-ring (bicyclic) bond motifs is 1. The minimum Gasteiger partial charge on any atom is -0.411 e. The summed E-state index contributed by atoms with van der Waals surface area (Å²) in [5.74, 6) is 0. The van der Waals surface area contributed by atoms with Crippen molar-refractivity contribution in [2.45, 2.75) is 0 Å². The van der Waals surface area contributed by atoms with E-state index >= 15 is 0 Å². The highest BCUT2D eigenvalue weighted by atomic mass is 79.9. The molecule has 0 bridgehead atoms. The van der Waals surface area contributed by atoms with Gasteiger partial charge in [-0.2, -0.15) is 0 Å². The standard InChI is InChI=1S/C12H10BrNO/c13-8-12(14-15)11-6-5-9-3-1-2-4-10(9)7-11/h1-7,15H,8H2/b14-12+. The molecule has 2 aromatic rings. The van der Waals surface area contributed by atoms with Crippen LogP contribution in [0.1, 0.15) is 5.56 Å². The highest BCUT2D eigenvalue weighted by Crippen LogP contribution is 2.16. The molecular weight excluding hydrogens is 254 g/mol. The molecule has 0 atom stereocenters. The molecule has 0 aliphatic rings. The van der Waals surface area contributed by atoms with E-state index in [4.69, 9.17) is 5.21 Å². The molecule has 2 aromatic carbocycles. The van der Waals surface area contributed by atoms with Crippen molar-refractivity contribution in [2.24, 2.45) is 5.16 Å². The zero-order valence-corrected chi connectivity index (χ0v) is 9.61. The van der Waals surface area contributed by atoms with E-state index in [1.54, 1.807) is 0 Å². The zero-order chi connectivity index (χ0) is 10.7. The van der Waals surface area contributed by atoms with E-state index in [9.17, 15) is 0 Å². The van der Waals surface area contributed by atoms with E-state index in [0.29, 0.717) is 11.0 Å². The first-order chi connectivity index (χ1) is 7.35. The Labute approximate surface area is 96.4 Å². The lowest BCUT2D eigenvalue weighted by Crippen LogP contribution is -2.01. The number of nitrogens with zero attached hydrogens (tertiary/aromatic N) is 1. The number of hydrogen-bond donors (Lipinski definition) is 1. The van der Waals surface area contributed by atoms with Crippen LogP contribution in [0.25, 0.3) is 10.8 Å². The first-order valence-corrected chi connectivity index (χ1v) is 5.73. The van der Waals surface area contributed by atoms with Gasteiger partial charge in [-0.25, -0.2) is 0 Å². The lowest BCUT2D eigenvalue weighted by Gasteiger charge is -2.03. The normalized spacial score (nSPS) is 11.9. The molecular formula is C12H10BrNO. The molecule has 0 aromatic heterocycles. The van der Waals surface area contributed by atoms with Gasteiger partial charge in [-0.05, 0) is 16.8 Å². The van der Waals surface area contributed by atoms with E-state index < -0.39 is 0 Å². The third-order valence-electron chi connectivity index (χ3n) is 2.33. The van der Waals surface area contributed by atoms with Crippen molar-refractivity contribution in [2.75, 3.05) is 5.33 Å². The van der Waals surface area contributed by atoms with E-state index in [0.717, 1.165) is 10.9 Å². The monoisotopic (exact) mass is 263 g/mol. The van der Waals surface area contributed by atoms with Gasteiger partial charge in [0.1, 0.15) is 0 Å². The fourth-order valence-corrected chi connectivity index (χ4v) is 1.97. The Morgan fingerprint density at radius 2 is 1.87 bits per heavy atom. The summed E-state index contributed by atoms with van der Waals surface area (Å²) >= 11 is 3.29. The molecule has 0 saturated heterocycles. The van der Waals surface area contributed by atoms with Gasteiger partial charge in [-0.3, -0.25) is 0 Å². The predicted molar refractivity (Wildman–Crippen MR) is 66.1 cm³/mol. The van der Waals surface area contributed by atoms with Crippen LogP contribution >= 0.6 is 15.9 Å². The van der Waals surface area contributed by atoms with Gasteiger partial charge in [0, 0.05) is 10.9 Å². The lowest BCUT2D eigenvalue weighted by atomic mass is 10.0. The van der Waals surface area contributed by atoms with Crippen LogP contribution in [0.3, 0.4) is 0 Å². The summed E-state index contributed by atoms with van der Waals surface area (Å²) in [6.45, 7) is 0. The van der Waals surface area contributed by atoms with Crippen LogP contribution < -0.4 is 0 Å². The number of alkyl halides is 1. The van der Waals surface area contributed by atoms with Gasteiger partial charge in [0.2, 0.25) is 0 Å². The largest absolute Gasteiger partial charge is 0.411 e. The SMILES string of the molecule is O/N=C(\CBr)c1ccc2ccccc2c1. The van der Waals surface area contributed by atoms with Crippen molar-refractivity contribution in [1.82, 2.24) is 0 Å². The van der Waals surface area contributed by atoms with Crippen molar-refractivity contribution in [3.63, 3.8) is 0 Å². The highest BCUT2D eigenvalue weighted by molar-refractivity contribution is 9.09. The molecule has 0 spiro atoms. The maximum absolute atomic E-state index is 8.81. The van der Waals surface area contributed by atoms with Crippen LogP contribution in [0.4, 0.5) is 0 Å². The van der Waals surface area contributed by atoms with Gasteiger partial charge < -0.3 is 5.21 Å². The van der Waals surface area contributed by atoms with E-state index in [1.165, 1.54) is 5.39 Å². The lowest BCUT2D eigenvalue weighted by molar-refractivity contribution is 0.319. The summed E-state index contributed by atoms with van der Waals surface area (Å²) in [6.07, 6.45) is 0. The van der Waals surface area contributed by atoms with Gasteiger partial charge >= 0.3 is 0 Å². The van der Waals surface area contributed by atoms with Crippen LogP contribution in [0, 0.1) is 0 Å². The third-order valence-corrected chi connectivity index (χ3v) is 2.86. The molecule has 2 rings (SSSR count). The fraction of sp³-hybridized carbons (Fsp3) is 0.0833. The number of oxime groups is 1. The quantitative estimate of drug-likeness (QED) is 0.383. The molecule has 76 valence electrons. The number of halogens is 1. The second-order valence-corrected chi connectivity index (χ2v) is 3.80. The fourth-order valence-electron chi connectivity index (χ4n) is 1.53. The van der Waals surface area contributed by atoms with Gasteiger partial charge in [-0.1, -0.05) is 57.5 Å². The summed E-state index contributed by atoms with van der Waals surface area (Å²) in [4.78, 5) is 0. The smallest absolute Gasteiger partial charge is 0.0973 e. The zero-order valence-electron chi connectivity index (χ0n) is 8.02. The minimum atomic E-state index is 0.543. The van der Waals surface area contributed by atoms with Gasteiger partial charge in [-0.15, -0.1) is 0 Å². The number of benzene rings is 2. The van der Waals surface area contributed by atoms with Gasteiger partial charge in [0.25, 0.3) is 0 Å². The molecule has 0 aliphatic heterocycles. The molecule has 0 unspecified atom stereocenters. The van der Waals surface area contributed by atoms with Crippen LogP contribution in [0.15, 0.2) is 47.6 Å². The van der Waals surface area contributed by atoms with Crippen molar-refractivity contribution in [1.29, 1.82) is 0 Å². The van der Waals surface area contributed by atoms with Crippen LogP contribution in [-0.2, 0) is 0 Å². The second kappa shape index (κ2) is 4.45. The van der Waals surface area contributed by atoms with Crippen molar-refractivity contribution in [3.05, 3.63) is 48.0 Å². The third kappa shape index (κ3) is 2.02. The Bertz CT molecular complexity index is 508. The Hall–Kier alpha value is -1.35. The molecule has 0 heterocycles. The molecule has 0 radical (unpaired) electrons. The average molecular weight is 264 g/mol. The average Bonchev–Trinajstić information content (AvgIpc) is 2.30. The highest BCUT2D eigenvalue weighted by Gasteiger charge is 2.03. The summed E-state index contributed by atoms with van der Waals surface area (Å²) in [5.41, 5.74) is 1.58. The van der Waals surface area contributed by atoms with Gasteiger partial charge in [0.15, 0.2) is 0 Å². The summed E-state index contributed by atoms with van der Waals surface area (Å²) in [7, 11) is 0. The van der Waals surface area contributed by atoms with E-state index in [-0.39, 0.29) is 0 Å². The minimum absolute atomic E-state index is 0.543. The van der Waals surface area contributed by atoms with E-state index in [1.807, 2.05) is 36.4 Å². The summed E-state index contributed by atoms with van der Waals surface area (Å²) in [5, 5.41) is 14.9. The molecule has 0 fully saturated rings. The van der Waals surface area contributed by atoms with Crippen LogP contribution in [0.5, 0.6) is 0 Å². The Kier molecular flexibility index (Phi) is 3.02. The Balaban J connectivity index is 2.56. The van der Waals surface area contributed by atoms with Crippen LogP contribution in [0.2, 0.25) is 0 Å². The molecule has 0 saturated carbocycles. The molecule has 15 heavy (non-hydrogen) atoms. The van der Waals surface area contributed by atoms with E-state index in [2.05, 4.69) is 27.2 Å². The summed E-state index contributed by atoms with van der Waals surface area (Å²) < 4.78 is 0. The molecule has 0 amide bonds. The maximum Gasteiger partial charge on any atom is 0.0973 e. The van der Waals surface area contributed by atoms with Crippen molar-refractivity contribution < 1.29 is 5.21 Å². The van der Waals surface area contributed by atoms with Crippen molar-refractivity contribution in [3.8, 4) is 0 Å². The predicted octanol–water partition coefficient (Wildman–Crippen LogP) is 3.41. The number of hydrogen-bond acceptors (Lipinski definition) is 2. The first kappa shape index (κ1) is 10.2. The molecule has 2 nitrogen and oxygen atoms in total. The Morgan fingerprint density at radius 1 is 1.13 bits per heavy atom. The topological polar surface area (TPSA) is 32.6 Å². The number of rotatable bonds is 2. The Morgan fingerprint density at radius 3 is 2.53 bits per heavy atom.